The number of carbonyl (C=O) groups is 4. The number of H-pyrrole nitrogens is 2. The van der Waals surface area contributed by atoms with Gasteiger partial charge < -0.3 is 29.3 Å². The first-order valence-electron chi connectivity index (χ1n) is 17.2. The van der Waals surface area contributed by atoms with Crippen molar-refractivity contribution in [2.75, 3.05) is 21.3 Å². The van der Waals surface area contributed by atoms with Crippen LogP contribution in [0.1, 0.15) is 85.3 Å². The number of fused-ring (bicyclic) bond motifs is 11. The summed E-state index contributed by atoms with van der Waals surface area (Å²) in [5.41, 5.74) is 9.93. The van der Waals surface area contributed by atoms with E-state index < -0.39 is 29.2 Å². The molecule has 1 aliphatic carbocycles. The Hall–Kier alpha value is -6.04. The average Bonchev–Trinajstić information content (AvgIpc) is 3.79. The summed E-state index contributed by atoms with van der Waals surface area (Å²) in [4.78, 5) is 68.1. The second kappa shape index (κ2) is 14.2. The van der Waals surface area contributed by atoms with Gasteiger partial charge in [-0.1, -0.05) is 24.8 Å². The van der Waals surface area contributed by atoms with E-state index in [1.807, 2.05) is 52.0 Å². The van der Waals surface area contributed by atoms with Crippen molar-refractivity contribution in [3.8, 4) is 0 Å². The zero-order valence-electron chi connectivity index (χ0n) is 30.9. The lowest BCUT2D eigenvalue weighted by molar-refractivity contribution is -0.149. The number of aliphatic carboxylic acids is 1. The summed E-state index contributed by atoms with van der Waals surface area (Å²) in [5.74, 6) is -3.66. The second-order valence-corrected chi connectivity index (χ2v) is 13.5. The van der Waals surface area contributed by atoms with Gasteiger partial charge in [0.05, 0.1) is 55.1 Å². The molecule has 6 rings (SSSR count). The molecule has 2 aromatic rings. The number of hydrogen-bond acceptors (Lipinski definition) is 9. The van der Waals surface area contributed by atoms with E-state index in [2.05, 4.69) is 16.5 Å². The molecule has 0 saturated carbocycles. The largest absolute Gasteiger partial charge is 0.481 e. The van der Waals surface area contributed by atoms with Crippen LogP contribution < -0.4 is 0 Å². The van der Waals surface area contributed by atoms with Crippen molar-refractivity contribution >= 4 is 62.8 Å². The van der Waals surface area contributed by atoms with Crippen LogP contribution >= 0.6 is 0 Å². The Morgan fingerprint density at radius 3 is 2.21 bits per heavy atom. The molecule has 2 aromatic heterocycles. The molecule has 0 spiro atoms. The van der Waals surface area contributed by atoms with Crippen LogP contribution in [0.4, 0.5) is 0 Å². The number of carboxylic acids is 1. The maximum absolute atomic E-state index is 13.7. The number of rotatable bonds is 9. The molecule has 0 aromatic carbocycles. The molecule has 2 atom stereocenters. The lowest BCUT2D eigenvalue weighted by Crippen LogP contribution is -2.42. The van der Waals surface area contributed by atoms with Gasteiger partial charge in [-0.05, 0) is 98.2 Å². The number of allylic oxidation sites excluding steroid dienone is 8. The highest BCUT2D eigenvalue weighted by Crippen LogP contribution is 2.52. The minimum atomic E-state index is -1.15. The first kappa shape index (κ1) is 36.7. The molecule has 12 heteroatoms. The van der Waals surface area contributed by atoms with Crippen molar-refractivity contribution in [2.45, 2.75) is 58.8 Å². The fourth-order valence-electron chi connectivity index (χ4n) is 7.70. The summed E-state index contributed by atoms with van der Waals surface area (Å²) in [5, 5.41) is 9.67. The van der Waals surface area contributed by atoms with Gasteiger partial charge in [0.15, 0.2) is 0 Å². The molecule has 0 radical (unpaired) electrons. The topological polar surface area (TPSA) is 174 Å². The maximum Gasteiger partial charge on any atom is 0.334 e. The van der Waals surface area contributed by atoms with E-state index in [9.17, 15) is 24.3 Å². The van der Waals surface area contributed by atoms with Gasteiger partial charge in [-0.3, -0.25) is 14.4 Å². The van der Waals surface area contributed by atoms with E-state index in [0.29, 0.717) is 46.1 Å². The number of carboxylic acid groups (broad SMARTS) is 1. The number of carbonyl (C=O) groups excluding carboxylic acids is 3. The SMILES string of the molecule is C=CC1=C(C)c2cc3[nH]c(cc4nc(cc5[nH]c(cc1n2)c(C)c5CCC(=O)OC)C(CCC(=O)O)=C4C)[C@@]1(C)C3=CC=C(C(=O)OC)[C@H]1C(=O)OC. The molecule has 0 unspecified atom stereocenters. The Morgan fingerprint density at radius 1 is 0.849 bits per heavy atom. The van der Waals surface area contributed by atoms with Gasteiger partial charge in [-0.15, -0.1) is 0 Å². The minimum Gasteiger partial charge on any atom is -0.481 e. The third kappa shape index (κ3) is 6.28. The minimum absolute atomic E-state index is 0.122. The Morgan fingerprint density at radius 2 is 1.55 bits per heavy atom. The van der Waals surface area contributed by atoms with Gasteiger partial charge >= 0.3 is 23.9 Å². The average molecular weight is 719 g/mol. The van der Waals surface area contributed by atoms with Crippen LogP contribution in [0, 0.1) is 12.8 Å². The van der Waals surface area contributed by atoms with Crippen molar-refractivity contribution in [1.82, 2.24) is 19.9 Å². The number of methoxy groups -OCH3 is 3. The number of hydrogen-bond donors (Lipinski definition) is 3. The van der Waals surface area contributed by atoms with Crippen molar-refractivity contribution in [2.24, 2.45) is 5.92 Å². The van der Waals surface area contributed by atoms with Crippen LogP contribution in [0.3, 0.4) is 0 Å². The molecular weight excluding hydrogens is 676 g/mol. The van der Waals surface area contributed by atoms with Crippen LogP contribution in [0.15, 0.2) is 54.6 Å². The fraction of sp³-hybridized carbons (Fsp3) is 0.317. The summed E-state index contributed by atoms with van der Waals surface area (Å²) in [7, 11) is 3.90. The van der Waals surface area contributed by atoms with Gasteiger partial charge in [0.25, 0.3) is 0 Å². The molecule has 0 fully saturated rings. The highest BCUT2D eigenvalue weighted by Gasteiger charge is 2.53. The van der Waals surface area contributed by atoms with E-state index in [4.69, 9.17) is 24.2 Å². The van der Waals surface area contributed by atoms with Crippen molar-refractivity contribution < 1.29 is 38.5 Å². The number of esters is 3. The van der Waals surface area contributed by atoms with Crippen molar-refractivity contribution in [1.29, 1.82) is 0 Å². The first-order valence-corrected chi connectivity index (χ1v) is 17.2. The van der Waals surface area contributed by atoms with Gasteiger partial charge in [0.2, 0.25) is 0 Å². The number of aromatic nitrogens is 4. The number of nitrogens with one attached hydrogen (secondary N) is 2. The Balaban J connectivity index is 1.76. The predicted molar refractivity (Wildman–Crippen MR) is 200 cm³/mol. The van der Waals surface area contributed by atoms with E-state index >= 15 is 0 Å². The summed E-state index contributed by atoms with van der Waals surface area (Å²) in [6.45, 7) is 11.8. The van der Waals surface area contributed by atoms with Crippen LogP contribution in [-0.4, -0.2) is 70.2 Å². The van der Waals surface area contributed by atoms with Crippen molar-refractivity contribution in [3.63, 3.8) is 0 Å². The highest BCUT2D eigenvalue weighted by molar-refractivity contribution is 6.02. The van der Waals surface area contributed by atoms with E-state index in [1.165, 1.54) is 21.3 Å². The molecule has 8 bridgehead atoms. The van der Waals surface area contributed by atoms with Crippen molar-refractivity contribution in [3.05, 3.63) is 99.9 Å². The molecule has 5 heterocycles. The Bertz CT molecular complexity index is 2320. The first-order chi connectivity index (χ1) is 25.3. The van der Waals surface area contributed by atoms with Crippen LogP contribution in [-0.2, 0) is 45.2 Å². The zero-order chi connectivity index (χ0) is 38.4. The van der Waals surface area contributed by atoms with Crippen LogP contribution in [0.5, 0.6) is 0 Å². The van der Waals surface area contributed by atoms with E-state index in [1.54, 1.807) is 18.2 Å². The highest BCUT2D eigenvalue weighted by atomic mass is 16.5. The molecule has 0 saturated heterocycles. The Labute approximate surface area is 306 Å². The van der Waals surface area contributed by atoms with Crippen LogP contribution in [0.25, 0.3) is 38.9 Å². The number of ether oxygens (including phenoxy) is 3. The molecule has 3 N–H and O–H groups in total. The van der Waals surface area contributed by atoms with Gasteiger partial charge in [-0.2, -0.15) is 0 Å². The molecule has 4 aliphatic rings. The lowest BCUT2D eigenvalue weighted by Gasteiger charge is -2.36. The summed E-state index contributed by atoms with van der Waals surface area (Å²) in [6.07, 6.45) is 5.79. The molecular formula is C41H42N4O8. The quantitative estimate of drug-likeness (QED) is 0.189. The van der Waals surface area contributed by atoms with E-state index in [-0.39, 0.29) is 30.8 Å². The smallest absolute Gasteiger partial charge is 0.334 e. The van der Waals surface area contributed by atoms with Gasteiger partial charge in [-0.25, -0.2) is 14.8 Å². The molecule has 12 nitrogen and oxygen atoms in total. The molecule has 0 amide bonds. The summed E-state index contributed by atoms with van der Waals surface area (Å²) in [6, 6.07) is 7.59. The summed E-state index contributed by atoms with van der Waals surface area (Å²) >= 11 is 0. The molecule has 3 aliphatic heterocycles. The zero-order valence-corrected chi connectivity index (χ0v) is 30.9. The normalized spacial score (nSPS) is 18.4. The maximum atomic E-state index is 13.7. The third-order valence-electron chi connectivity index (χ3n) is 10.7. The predicted octanol–water partition coefficient (Wildman–Crippen LogP) is 6.61. The molecule has 274 valence electrons. The Kier molecular flexibility index (Phi) is 9.83. The summed E-state index contributed by atoms with van der Waals surface area (Å²) < 4.78 is 15.4. The van der Waals surface area contributed by atoms with Gasteiger partial charge in [0, 0.05) is 40.8 Å². The van der Waals surface area contributed by atoms with E-state index in [0.717, 1.165) is 44.5 Å². The number of aromatic amines is 2. The standard InChI is InChI=1S/C41H42N4O8/c1-9-23-20(2)29-17-34-27-13-10-26(39(49)52-7)38(40(50)53-8)41(27,5)35(45-34)19-30-22(4)24(11-14-36(46)47)32(44-30)18-33-25(12-15-37(48)51-6)21(3)28(43-33)16-31(23)42-29/h9-10,13,16-19,38,43,45H,1,11-12,14-15H2,2-8H3,(H,46,47)/t38-,41+/m0/s1. The number of aryl methyl sites for hydroxylation is 2. The third-order valence-corrected chi connectivity index (χ3v) is 10.7. The lowest BCUT2D eigenvalue weighted by atomic mass is 9.64. The monoisotopic (exact) mass is 718 g/mol. The molecule has 53 heavy (non-hydrogen) atoms. The fourth-order valence-corrected chi connectivity index (χ4v) is 7.70. The number of nitrogens with zero attached hydrogens (tertiary/aromatic N) is 2. The second-order valence-electron chi connectivity index (χ2n) is 13.5. The van der Waals surface area contributed by atoms with Crippen LogP contribution in [0.2, 0.25) is 0 Å². The van der Waals surface area contributed by atoms with Gasteiger partial charge in [0.1, 0.15) is 5.92 Å².